The van der Waals surface area contributed by atoms with Crippen molar-refractivity contribution in [3.63, 3.8) is 0 Å². The van der Waals surface area contributed by atoms with E-state index in [1.165, 1.54) is 12.8 Å². The van der Waals surface area contributed by atoms with Gasteiger partial charge in [-0.25, -0.2) is 0 Å². The van der Waals surface area contributed by atoms with Gasteiger partial charge in [-0.2, -0.15) is 0 Å². The third kappa shape index (κ3) is 3.89. The molecule has 0 aromatic heterocycles. The number of nitrogens with zero attached hydrogens (tertiary/aromatic N) is 1. The first-order valence-corrected chi connectivity index (χ1v) is 7.65. The molecule has 4 heteroatoms. The second kappa shape index (κ2) is 6.98. The van der Waals surface area contributed by atoms with Crippen molar-refractivity contribution in [2.75, 3.05) is 6.61 Å². The van der Waals surface area contributed by atoms with Crippen LogP contribution in [0.25, 0.3) is 0 Å². The molecular formula is C16H22ClNO2. The standard InChI is InChI=1S/C16H22ClNO2/c1-12(2)18(14-5-3-4-6-14)16(19)11-20-15-9-7-13(17)8-10-15/h7-10,12,14H,3-6,11H2,1-2H3. The molecule has 0 saturated heterocycles. The molecule has 1 aliphatic rings. The Bertz CT molecular complexity index is 438. The molecule has 1 aliphatic carbocycles. The Kier molecular flexibility index (Phi) is 5.30. The molecule has 110 valence electrons. The van der Waals surface area contributed by atoms with Gasteiger partial charge in [-0.05, 0) is 51.0 Å². The summed E-state index contributed by atoms with van der Waals surface area (Å²) in [7, 11) is 0. The van der Waals surface area contributed by atoms with E-state index in [2.05, 4.69) is 13.8 Å². The summed E-state index contributed by atoms with van der Waals surface area (Å²) >= 11 is 5.82. The van der Waals surface area contributed by atoms with Crippen molar-refractivity contribution < 1.29 is 9.53 Å². The first-order chi connectivity index (χ1) is 9.58. The number of benzene rings is 1. The number of carbonyl (C=O) groups excluding carboxylic acids is 1. The Morgan fingerprint density at radius 1 is 1.30 bits per heavy atom. The molecule has 0 heterocycles. The second-order valence-corrected chi connectivity index (χ2v) is 6.01. The van der Waals surface area contributed by atoms with Crippen molar-refractivity contribution in [1.29, 1.82) is 0 Å². The van der Waals surface area contributed by atoms with Crippen LogP contribution in [-0.4, -0.2) is 29.5 Å². The average Bonchev–Trinajstić information content (AvgIpc) is 2.91. The Morgan fingerprint density at radius 3 is 2.45 bits per heavy atom. The van der Waals surface area contributed by atoms with Gasteiger partial charge in [-0.1, -0.05) is 24.4 Å². The van der Waals surface area contributed by atoms with Crippen LogP contribution in [0.4, 0.5) is 0 Å². The minimum atomic E-state index is 0.0712. The van der Waals surface area contributed by atoms with Gasteiger partial charge in [-0.3, -0.25) is 4.79 Å². The smallest absolute Gasteiger partial charge is 0.260 e. The van der Waals surface area contributed by atoms with Gasteiger partial charge >= 0.3 is 0 Å². The molecule has 1 aromatic carbocycles. The summed E-state index contributed by atoms with van der Waals surface area (Å²) < 4.78 is 5.56. The third-order valence-electron chi connectivity index (χ3n) is 3.74. The molecule has 0 radical (unpaired) electrons. The zero-order chi connectivity index (χ0) is 14.5. The first kappa shape index (κ1) is 15.2. The highest BCUT2D eigenvalue weighted by Gasteiger charge is 2.28. The summed E-state index contributed by atoms with van der Waals surface area (Å²) in [5.74, 6) is 0.750. The molecule has 1 fully saturated rings. The number of carbonyl (C=O) groups is 1. The lowest BCUT2D eigenvalue weighted by Gasteiger charge is -2.32. The van der Waals surface area contributed by atoms with Crippen LogP contribution in [0.5, 0.6) is 5.75 Å². The fourth-order valence-electron chi connectivity index (χ4n) is 2.85. The van der Waals surface area contributed by atoms with E-state index in [4.69, 9.17) is 16.3 Å². The zero-order valence-electron chi connectivity index (χ0n) is 12.1. The number of hydrogen-bond donors (Lipinski definition) is 0. The number of ether oxygens (including phenoxy) is 1. The van der Waals surface area contributed by atoms with Crippen LogP contribution in [0.1, 0.15) is 39.5 Å². The molecular weight excluding hydrogens is 274 g/mol. The van der Waals surface area contributed by atoms with E-state index >= 15 is 0 Å². The lowest BCUT2D eigenvalue weighted by molar-refractivity contribution is -0.137. The number of halogens is 1. The molecule has 20 heavy (non-hydrogen) atoms. The van der Waals surface area contributed by atoms with Gasteiger partial charge in [-0.15, -0.1) is 0 Å². The van der Waals surface area contributed by atoms with E-state index in [1.54, 1.807) is 24.3 Å². The van der Waals surface area contributed by atoms with Gasteiger partial charge in [0.2, 0.25) is 0 Å². The van der Waals surface area contributed by atoms with Gasteiger partial charge in [0.1, 0.15) is 5.75 Å². The molecule has 1 amide bonds. The predicted octanol–water partition coefficient (Wildman–Crippen LogP) is 3.90. The summed E-state index contributed by atoms with van der Waals surface area (Å²) in [6.45, 7) is 4.23. The monoisotopic (exact) mass is 295 g/mol. The van der Waals surface area contributed by atoms with Crippen molar-refractivity contribution in [3.05, 3.63) is 29.3 Å². The maximum atomic E-state index is 12.4. The van der Waals surface area contributed by atoms with Crippen LogP contribution in [0.15, 0.2) is 24.3 Å². The number of rotatable bonds is 5. The Hall–Kier alpha value is -1.22. The normalized spacial score (nSPS) is 15.6. The Morgan fingerprint density at radius 2 is 1.90 bits per heavy atom. The molecule has 1 saturated carbocycles. The molecule has 1 aromatic rings. The lowest BCUT2D eigenvalue weighted by Crippen LogP contribution is -2.45. The van der Waals surface area contributed by atoms with E-state index in [-0.39, 0.29) is 18.6 Å². The van der Waals surface area contributed by atoms with Crippen LogP contribution in [0.3, 0.4) is 0 Å². The van der Waals surface area contributed by atoms with E-state index < -0.39 is 0 Å². The molecule has 0 spiro atoms. The van der Waals surface area contributed by atoms with Gasteiger partial charge < -0.3 is 9.64 Å². The SMILES string of the molecule is CC(C)N(C(=O)COc1ccc(Cl)cc1)C1CCCC1. The summed E-state index contributed by atoms with van der Waals surface area (Å²) in [5.41, 5.74) is 0. The fourth-order valence-corrected chi connectivity index (χ4v) is 2.97. The molecule has 0 bridgehead atoms. The van der Waals surface area contributed by atoms with Crippen LogP contribution in [0, 0.1) is 0 Å². The Labute approximate surface area is 125 Å². The number of amides is 1. The van der Waals surface area contributed by atoms with Crippen LogP contribution in [-0.2, 0) is 4.79 Å². The zero-order valence-corrected chi connectivity index (χ0v) is 12.9. The number of hydrogen-bond acceptors (Lipinski definition) is 2. The molecule has 0 N–H and O–H groups in total. The van der Waals surface area contributed by atoms with E-state index in [0.717, 1.165) is 12.8 Å². The van der Waals surface area contributed by atoms with Crippen molar-refractivity contribution in [1.82, 2.24) is 4.90 Å². The highest BCUT2D eigenvalue weighted by molar-refractivity contribution is 6.30. The van der Waals surface area contributed by atoms with E-state index in [0.29, 0.717) is 16.8 Å². The summed E-state index contributed by atoms with van der Waals surface area (Å²) in [6, 6.07) is 7.70. The molecule has 0 atom stereocenters. The van der Waals surface area contributed by atoms with Crippen molar-refractivity contribution in [2.24, 2.45) is 0 Å². The molecule has 3 nitrogen and oxygen atoms in total. The highest BCUT2D eigenvalue weighted by atomic mass is 35.5. The largest absolute Gasteiger partial charge is 0.484 e. The Balaban J connectivity index is 1.92. The quantitative estimate of drug-likeness (QED) is 0.824. The maximum Gasteiger partial charge on any atom is 0.260 e. The van der Waals surface area contributed by atoms with Crippen LogP contribution >= 0.6 is 11.6 Å². The van der Waals surface area contributed by atoms with Crippen LogP contribution in [0.2, 0.25) is 5.02 Å². The minimum absolute atomic E-state index is 0.0712. The summed E-state index contributed by atoms with van der Waals surface area (Å²) in [4.78, 5) is 14.4. The minimum Gasteiger partial charge on any atom is -0.484 e. The summed E-state index contributed by atoms with van der Waals surface area (Å²) in [5, 5.41) is 0.665. The lowest BCUT2D eigenvalue weighted by atomic mass is 10.1. The van der Waals surface area contributed by atoms with Gasteiger partial charge in [0.25, 0.3) is 5.91 Å². The molecule has 0 unspecified atom stereocenters. The van der Waals surface area contributed by atoms with E-state index in [1.807, 2.05) is 4.90 Å². The van der Waals surface area contributed by atoms with Crippen molar-refractivity contribution >= 4 is 17.5 Å². The van der Waals surface area contributed by atoms with Gasteiger partial charge in [0.15, 0.2) is 6.61 Å². The predicted molar refractivity (Wildman–Crippen MR) is 81.2 cm³/mol. The second-order valence-electron chi connectivity index (χ2n) is 5.58. The summed E-state index contributed by atoms with van der Waals surface area (Å²) in [6.07, 6.45) is 4.67. The topological polar surface area (TPSA) is 29.5 Å². The van der Waals surface area contributed by atoms with Crippen molar-refractivity contribution in [3.8, 4) is 5.75 Å². The van der Waals surface area contributed by atoms with Crippen molar-refractivity contribution in [2.45, 2.75) is 51.6 Å². The fraction of sp³-hybridized carbons (Fsp3) is 0.562. The van der Waals surface area contributed by atoms with Gasteiger partial charge in [0.05, 0.1) is 0 Å². The molecule has 0 aliphatic heterocycles. The molecule has 2 rings (SSSR count). The highest BCUT2D eigenvalue weighted by Crippen LogP contribution is 2.25. The van der Waals surface area contributed by atoms with Crippen LogP contribution < -0.4 is 4.74 Å². The van der Waals surface area contributed by atoms with Gasteiger partial charge in [0, 0.05) is 17.1 Å². The van der Waals surface area contributed by atoms with E-state index in [9.17, 15) is 4.79 Å². The first-order valence-electron chi connectivity index (χ1n) is 7.27. The average molecular weight is 296 g/mol. The third-order valence-corrected chi connectivity index (χ3v) is 3.99. The maximum absolute atomic E-state index is 12.4.